The number of hydrogen-bond acceptors (Lipinski definition) is 6. The summed E-state index contributed by atoms with van der Waals surface area (Å²) >= 11 is 6.55. The van der Waals surface area contributed by atoms with Gasteiger partial charge in [-0.05, 0) is 64.0 Å². The molecular formula is C27H24N2O4S2. The summed E-state index contributed by atoms with van der Waals surface area (Å²) in [4.78, 5) is 43.5. The van der Waals surface area contributed by atoms with Crippen LogP contribution >= 0.6 is 24.0 Å². The molecule has 35 heavy (non-hydrogen) atoms. The van der Waals surface area contributed by atoms with Crippen LogP contribution in [-0.4, -0.2) is 39.1 Å². The van der Waals surface area contributed by atoms with Crippen molar-refractivity contribution in [1.29, 1.82) is 0 Å². The summed E-state index contributed by atoms with van der Waals surface area (Å²) in [6, 6.07) is 10.7. The molecule has 0 unspecified atom stereocenters. The first kappa shape index (κ1) is 23.5. The molecular weight excluding hydrogens is 480 g/mol. The molecule has 6 nitrogen and oxygen atoms in total. The Morgan fingerprint density at radius 1 is 1.09 bits per heavy atom. The summed E-state index contributed by atoms with van der Waals surface area (Å²) in [6.45, 7) is 10.0. The maximum absolute atomic E-state index is 13.8. The molecule has 0 N–H and O–H groups in total. The van der Waals surface area contributed by atoms with E-state index in [2.05, 4.69) is 0 Å². The first-order valence-electron chi connectivity index (χ1n) is 11.3. The number of rotatable bonds is 3. The van der Waals surface area contributed by atoms with Crippen LogP contribution in [0.5, 0.6) is 5.75 Å². The van der Waals surface area contributed by atoms with Crippen LogP contribution in [0.1, 0.15) is 54.7 Å². The molecule has 5 rings (SSSR count). The van der Waals surface area contributed by atoms with E-state index in [-0.39, 0.29) is 11.8 Å². The predicted molar refractivity (Wildman–Crippen MR) is 142 cm³/mol. The van der Waals surface area contributed by atoms with E-state index in [0.29, 0.717) is 38.2 Å². The van der Waals surface area contributed by atoms with Gasteiger partial charge in [-0.25, -0.2) is 4.79 Å². The highest BCUT2D eigenvalue weighted by molar-refractivity contribution is 8.26. The molecule has 0 bridgehead atoms. The Balaban J connectivity index is 1.70. The van der Waals surface area contributed by atoms with Gasteiger partial charge in [0.1, 0.15) is 10.1 Å². The van der Waals surface area contributed by atoms with Crippen molar-refractivity contribution in [1.82, 2.24) is 4.90 Å². The first-order valence-corrected chi connectivity index (χ1v) is 12.6. The minimum atomic E-state index is -0.595. The van der Waals surface area contributed by atoms with Crippen molar-refractivity contribution < 1.29 is 19.1 Å². The molecule has 178 valence electrons. The third-order valence-corrected chi connectivity index (χ3v) is 7.98. The number of anilines is 1. The fourth-order valence-corrected chi connectivity index (χ4v) is 6.41. The molecule has 0 saturated carbocycles. The summed E-state index contributed by atoms with van der Waals surface area (Å²) in [5, 5.41) is 0. The zero-order chi connectivity index (χ0) is 25.2. The lowest BCUT2D eigenvalue weighted by atomic mass is 9.89. The molecule has 0 atom stereocenters. The molecule has 3 heterocycles. The van der Waals surface area contributed by atoms with E-state index in [9.17, 15) is 14.4 Å². The van der Waals surface area contributed by atoms with Gasteiger partial charge in [-0.1, -0.05) is 48.3 Å². The van der Waals surface area contributed by atoms with Gasteiger partial charge in [-0.15, -0.1) is 0 Å². The molecule has 0 spiro atoms. The number of carbonyl (C=O) groups is 3. The highest BCUT2D eigenvalue weighted by atomic mass is 32.2. The Morgan fingerprint density at radius 2 is 1.77 bits per heavy atom. The quantitative estimate of drug-likeness (QED) is 0.243. The van der Waals surface area contributed by atoms with E-state index in [1.54, 1.807) is 29.2 Å². The van der Waals surface area contributed by atoms with Gasteiger partial charge in [0.15, 0.2) is 0 Å². The van der Waals surface area contributed by atoms with E-state index >= 15 is 0 Å². The first-order chi connectivity index (χ1) is 16.5. The Kier molecular flexibility index (Phi) is 5.49. The SMILES string of the molecule is CCN1C(=O)/C(=C2/C(=O)N3c4c(cc(OC(=O)c5ccccc5C)cc42)C(C)=CC3(C)C)SC1=S. The van der Waals surface area contributed by atoms with Crippen molar-refractivity contribution in [2.45, 2.75) is 40.2 Å². The Hall–Kier alpha value is -3.23. The van der Waals surface area contributed by atoms with Gasteiger partial charge >= 0.3 is 5.97 Å². The summed E-state index contributed by atoms with van der Waals surface area (Å²) in [5.41, 5.74) is 4.06. The van der Waals surface area contributed by atoms with Gasteiger partial charge in [0, 0.05) is 17.7 Å². The molecule has 3 aliphatic heterocycles. The molecule has 1 fully saturated rings. The molecule has 2 aromatic rings. The van der Waals surface area contributed by atoms with Crippen LogP contribution in [0, 0.1) is 6.92 Å². The van der Waals surface area contributed by atoms with E-state index in [4.69, 9.17) is 17.0 Å². The zero-order valence-electron chi connectivity index (χ0n) is 20.1. The van der Waals surface area contributed by atoms with E-state index in [0.717, 1.165) is 34.1 Å². The number of carbonyl (C=O) groups excluding carboxylic acids is 3. The van der Waals surface area contributed by atoms with Crippen molar-refractivity contribution in [2.75, 3.05) is 11.4 Å². The summed E-state index contributed by atoms with van der Waals surface area (Å²) < 4.78 is 6.23. The molecule has 0 aliphatic carbocycles. The number of allylic oxidation sites excluding steroid dienone is 1. The van der Waals surface area contributed by atoms with Crippen molar-refractivity contribution in [3.8, 4) is 5.75 Å². The van der Waals surface area contributed by atoms with Gasteiger partial charge in [0.05, 0.1) is 27.3 Å². The second kappa shape index (κ2) is 8.17. The summed E-state index contributed by atoms with van der Waals surface area (Å²) in [5.74, 6) is -0.691. The van der Waals surface area contributed by atoms with Crippen LogP contribution in [0.3, 0.4) is 0 Å². The van der Waals surface area contributed by atoms with Crippen LogP contribution in [0.15, 0.2) is 47.4 Å². The number of likely N-dealkylation sites (N-methyl/N-ethyl adjacent to an activating group) is 1. The molecule has 1 saturated heterocycles. The van der Waals surface area contributed by atoms with Gasteiger partial charge in [-0.2, -0.15) is 0 Å². The fraction of sp³-hybridized carbons (Fsp3) is 0.259. The zero-order valence-corrected chi connectivity index (χ0v) is 21.7. The highest BCUT2D eigenvalue weighted by Crippen LogP contribution is 2.53. The van der Waals surface area contributed by atoms with E-state index in [1.807, 2.05) is 52.8 Å². The van der Waals surface area contributed by atoms with Crippen molar-refractivity contribution in [3.05, 3.63) is 69.6 Å². The lowest BCUT2D eigenvalue weighted by Gasteiger charge is -2.38. The lowest BCUT2D eigenvalue weighted by Crippen LogP contribution is -2.46. The molecule has 2 aromatic carbocycles. The monoisotopic (exact) mass is 504 g/mol. The fourth-order valence-electron chi connectivity index (χ4n) is 4.96. The third kappa shape index (κ3) is 3.54. The Labute approximate surface area is 213 Å². The number of benzene rings is 2. The number of esters is 1. The average molecular weight is 505 g/mol. The smallest absolute Gasteiger partial charge is 0.343 e. The van der Waals surface area contributed by atoms with Gasteiger partial charge in [0.2, 0.25) is 0 Å². The standard InChI is InChI=1S/C27H24N2O4S2/c1-6-28-24(31)22(35-26(28)34)20-19-12-16(33-25(32)17-10-8-7-9-14(17)2)11-18-15(3)13-27(4,5)29(21(18)19)23(20)30/h7-13H,6H2,1-5H3/b22-20-. The molecule has 3 aliphatic rings. The maximum Gasteiger partial charge on any atom is 0.343 e. The number of nitrogens with zero attached hydrogens (tertiary/aromatic N) is 2. The second-order valence-electron chi connectivity index (χ2n) is 9.31. The minimum absolute atomic E-state index is 0.256. The van der Waals surface area contributed by atoms with Gasteiger partial charge in [-0.3, -0.25) is 19.4 Å². The molecule has 0 radical (unpaired) electrons. The van der Waals surface area contributed by atoms with Gasteiger partial charge in [0.25, 0.3) is 11.8 Å². The summed E-state index contributed by atoms with van der Waals surface area (Å²) in [6.07, 6.45) is 2.02. The average Bonchev–Trinajstić information content (AvgIpc) is 3.24. The number of hydrogen-bond donors (Lipinski definition) is 0. The number of ether oxygens (including phenoxy) is 1. The number of thiocarbonyl (C=S) groups is 1. The van der Waals surface area contributed by atoms with Crippen molar-refractivity contribution >= 4 is 62.9 Å². The number of thioether (sulfide) groups is 1. The van der Waals surface area contributed by atoms with E-state index in [1.165, 1.54) is 4.90 Å². The van der Waals surface area contributed by atoms with Crippen LogP contribution in [0.25, 0.3) is 11.1 Å². The maximum atomic E-state index is 13.8. The lowest BCUT2D eigenvalue weighted by molar-refractivity contribution is -0.122. The molecule has 0 aromatic heterocycles. The third-order valence-electron chi connectivity index (χ3n) is 6.53. The van der Waals surface area contributed by atoms with Crippen LogP contribution in [-0.2, 0) is 9.59 Å². The predicted octanol–water partition coefficient (Wildman–Crippen LogP) is 5.35. The Morgan fingerprint density at radius 3 is 2.43 bits per heavy atom. The Bertz CT molecular complexity index is 1420. The number of aryl methyl sites for hydroxylation is 1. The largest absolute Gasteiger partial charge is 0.423 e. The van der Waals surface area contributed by atoms with Crippen LogP contribution in [0.4, 0.5) is 5.69 Å². The van der Waals surface area contributed by atoms with Crippen LogP contribution in [0.2, 0.25) is 0 Å². The van der Waals surface area contributed by atoms with Gasteiger partial charge < -0.3 is 4.74 Å². The molecule has 8 heteroatoms. The van der Waals surface area contributed by atoms with Crippen molar-refractivity contribution in [3.63, 3.8) is 0 Å². The van der Waals surface area contributed by atoms with E-state index < -0.39 is 11.5 Å². The normalized spacial score (nSPS) is 20.4. The van der Waals surface area contributed by atoms with Crippen LogP contribution < -0.4 is 9.64 Å². The second-order valence-corrected chi connectivity index (χ2v) is 11.0. The minimum Gasteiger partial charge on any atom is -0.423 e. The summed E-state index contributed by atoms with van der Waals surface area (Å²) in [7, 11) is 0. The topological polar surface area (TPSA) is 66.9 Å². The number of amides is 2. The van der Waals surface area contributed by atoms with Crippen molar-refractivity contribution in [2.24, 2.45) is 0 Å². The molecule has 2 amide bonds. The highest BCUT2D eigenvalue weighted by Gasteiger charge is 2.48.